The fourth-order valence-electron chi connectivity index (χ4n) is 12.4. The van der Waals surface area contributed by atoms with Crippen LogP contribution in [0.15, 0.2) is 35.9 Å². The number of rotatable bonds is 13. The Bertz CT molecular complexity index is 1720. The molecular formula is C47H70O14. The maximum Gasteiger partial charge on any atom is 0.338 e. The summed E-state index contributed by atoms with van der Waals surface area (Å²) in [7, 11) is 1.49. The van der Waals surface area contributed by atoms with Gasteiger partial charge in [0.2, 0.25) is 0 Å². The van der Waals surface area contributed by atoms with Gasteiger partial charge in [0.1, 0.15) is 30.2 Å². The topological polar surface area (TPSA) is 200 Å². The molecule has 0 amide bonds. The number of hydrogen-bond acceptors (Lipinski definition) is 14. The highest BCUT2D eigenvalue weighted by molar-refractivity contribution is 5.89. The highest BCUT2D eigenvalue weighted by Crippen LogP contribution is 2.69. The zero-order valence-electron chi connectivity index (χ0n) is 36.9. The fourth-order valence-corrected chi connectivity index (χ4v) is 12.4. The first-order valence-corrected chi connectivity index (χ1v) is 22.6. The monoisotopic (exact) mass is 858 g/mol. The van der Waals surface area contributed by atoms with Crippen LogP contribution in [0.3, 0.4) is 0 Å². The molecule has 14 nitrogen and oxygen atoms in total. The number of ether oxygens (including phenoxy) is 7. The lowest BCUT2D eigenvalue weighted by molar-refractivity contribution is -0.345. The van der Waals surface area contributed by atoms with Gasteiger partial charge in [0.25, 0.3) is 0 Å². The summed E-state index contributed by atoms with van der Waals surface area (Å²) in [4.78, 5) is 26.1. The van der Waals surface area contributed by atoms with Crippen LogP contribution in [0.2, 0.25) is 0 Å². The van der Waals surface area contributed by atoms with Gasteiger partial charge in [-0.2, -0.15) is 0 Å². The highest BCUT2D eigenvalue weighted by Gasteiger charge is 2.69. The summed E-state index contributed by atoms with van der Waals surface area (Å²) in [6.45, 7) is 11.7. The number of aliphatic hydroxyl groups is 5. The van der Waals surface area contributed by atoms with Gasteiger partial charge in [0.05, 0.1) is 43.7 Å². The summed E-state index contributed by atoms with van der Waals surface area (Å²) in [5.41, 5.74) is -0.310. The highest BCUT2D eigenvalue weighted by atomic mass is 16.8. The van der Waals surface area contributed by atoms with E-state index in [1.54, 1.807) is 12.1 Å². The quantitative estimate of drug-likeness (QED) is 0.133. The number of carbonyl (C=O) groups is 2. The Morgan fingerprint density at radius 2 is 1.54 bits per heavy atom. The molecular weight excluding hydrogens is 789 g/mol. The minimum atomic E-state index is -1.62. The number of benzene rings is 1. The minimum Gasteiger partial charge on any atom is -0.497 e. The van der Waals surface area contributed by atoms with Crippen LogP contribution >= 0.6 is 0 Å². The molecule has 61 heavy (non-hydrogen) atoms. The van der Waals surface area contributed by atoms with Crippen molar-refractivity contribution in [2.24, 2.45) is 40.4 Å². The Morgan fingerprint density at radius 3 is 2.21 bits per heavy atom. The van der Waals surface area contributed by atoms with Crippen LogP contribution in [0, 0.1) is 40.4 Å². The molecule has 1 aromatic rings. The molecule has 6 aliphatic rings. The van der Waals surface area contributed by atoms with E-state index in [1.165, 1.54) is 31.7 Å². The summed E-state index contributed by atoms with van der Waals surface area (Å²) in [6.07, 6.45) is -1.80. The lowest BCUT2D eigenvalue weighted by Gasteiger charge is -2.59. The van der Waals surface area contributed by atoms with Crippen molar-refractivity contribution < 1.29 is 68.3 Å². The van der Waals surface area contributed by atoms with Gasteiger partial charge in [-0.05, 0) is 111 Å². The maximum absolute atomic E-state index is 13.5. The number of hydrogen-bond donors (Lipinski definition) is 5. The number of methoxy groups -OCH3 is 1. The molecule has 0 unspecified atom stereocenters. The van der Waals surface area contributed by atoms with Crippen LogP contribution in [-0.4, -0.2) is 125 Å². The lowest BCUT2D eigenvalue weighted by atomic mass is 9.46. The van der Waals surface area contributed by atoms with E-state index in [2.05, 4.69) is 40.7 Å². The third kappa shape index (κ3) is 8.79. The molecule has 5 fully saturated rings. The molecule has 2 saturated heterocycles. The standard InChI is InChI=1S/C47H70O14/c1-25(2)9-8-10-26(3)47(54)37(22-34-32-16-13-29-21-30(49)17-19-45(29,5)33(32)18-20-46(34,47)6)59-44-41(58-27(4)48)39(36(51)24-57-44)61-43-40(38(52)35(50)23-56-43)60-42(53)28-11-14-31(55-7)15-12-28/h11-15,25-26,30,32-41,43-44,49-52,54H,8-10,16-24H2,1-7H3/t26-,30+,32-,33+,34+,35-,36+,37+,38+,39+,40-,41-,43+,44+,45+,46+,47-/m1/s1. The largest absolute Gasteiger partial charge is 0.497 e. The fraction of sp³-hybridized carbons (Fsp3) is 0.787. The van der Waals surface area contributed by atoms with Crippen LogP contribution in [0.4, 0.5) is 0 Å². The molecule has 7 rings (SSSR count). The van der Waals surface area contributed by atoms with Crippen molar-refractivity contribution in [1.29, 1.82) is 0 Å². The second kappa shape index (κ2) is 18.4. The third-order valence-electron chi connectivity index (χ3n) is 15.8. The number of esters is 2. The molecule has 3 saturated carbocycles. The first-order valence-electron chi connectivity index (χ1n) is 22.6. The minimum absolute atomic E-state index is 0.0113. The average Bonchev–Trinajstić information content (AvgIpc) is 3.45. The number of aliphatic hydroxyl groups excluding tert-OH is 4. The Labute approximate surface area is 360 Å². The van der Waals surface area contributed by atoms with Crippen molar-refractivity contribution >= 4 is 11.9 Å². The Morgan fingerprint density at radius 1 is 0.852 bits per heavy atom. The molecule has 17 atom stereocenters. The van der Waals surface area contributed by atoms with E-state index >= 15 is 0 Å². The van der Waals surface area contributed by atoms with E-state index < -0.39 is 78.3 Å². The van der Waals surface area contributed by atoms with Crippen molar-refractivity contribution in [3.8, 4) is 5.75 Å². The Balaban J connectivity index is 1.17. The van der Waals surface area contributed by atoms with Crippen molar-refractivity contribution in [3.05, 3.63) is 41.5 Å². The van der Waals surface area contributed by atoms with Crippen molar-refractivity contribution in [2.45, 2.75) is 173 Å². The third-order valence-corrected chi connectivity index (χ3v) is 15.8. The lowest BCUT2D eigenvalue weighted by Crippen LogP contribution is -2.63. The summed E-state index contributed by atoms with van der Waals surface area (Å²) >= 11 is 0. The van der Waals surface area contributed by atoms with E-state index in [0.29, 0.717) is 36.3 Å². The van der Waals surface area contributed by atoms with E-state index in [0.717, 1.165) is 51.4 Å². The van der Waals surface area contributed by atoms with E-state index in [-0.39, 0.29) is 42.1 Å². The summed E-state index contributed by atoms with van der Waals surface area (Å²) in [6, 6.07) is 6.12. The van der Waals surface area contributed by atoms with Crippen LogP contribution in [0.5, 0.6) is 5.75 Å². The number of allylic oxidation sites excluding steroid dienone is 1. The van der Waals surface area contributed by atoms with Crippen LogP contribution in [-0.2, 0) is 33.2 Å². The van der Waals surface area contributed by atoms with Gasteiger partial charge in [-0.15, -0.1) is 0 Å². The molecule has 0 radical (unpaired) electrons. The average molecular weight is 859 g/mol. The SMILES string of the molecule is COc1ccc(C(=O)O[C@H]2[C@H](O[C@@H]3[C@@H](OC(C)=O)[C@H](O[C@H]4C[C@H]5[C@@H]6CC=C7C[C@@H](O)CC[C@]7(C)[C@H]6CC[C@]5(C)[C@@]4(O)[C@H](C)CCCC(C)C)OC[C@@H]3O)OC[C@@H](O)[C@@H]2O)cc1. The molecule has 1 aromatic carbocycles. The Hall–Kier alpha value is -2.66. The molecule has 0 spiro atoms. The first kappa shape index (κ1) is 46.3. The van der Waals surface area contributed by atoms with Gasteiger partial charge < -0.3 is 58.7 Å². The molecule has 14 heteroatoms. The zero-order chi connectivity index (χ0) is 44.0. The normalized spacial score (nSPS) is 42.7. The number of fused-ring (bicyclic) bond motifs is 5. The molecule has 5 N–H and O–H groups in total. The predicted molar refractivity (Wildman–Crippen MR) is 221 cm³/mol. The molecule has 2 heterocycles. The molecule has 0 aromatic heterocycles. The summed E-state index contributed by atoms with van der Waals surface area (Å²) in [5.74, 6) is 0.150. The zero-order valence-corrected chi connectivity index (χ0v) is 36.9. The van der Waals surface area contributed by atoms with Crippen LogP contribution < -0.4 is 4.74 Å². The second-order valence-corrected chi connectivity index (χ2v) is 19.8. The van der Waals surface area contributed by atoms with Crippen molar-refractivity contribution in [1.82, 2.24) is 0 Å². The smallest absolute Gasteiger partial charge is 0.338 e. The van der Waals surface area contributed by atoms with Gasteiger partial charge in [-0.1, -0.05) is 59.1 Å². The van der Waals surface area contributed by atoms with Gasteiger partial charge in [-0.25, -0.2) is 4.79 Å². The van der Waals surface area contributed by atoms with Crippen molar-refractivity contribution in [2.75, 3.05) is 20.3 Å². The van der Waals surface area contributed by atoms with E-state index in [9.17, 15) is 35.1 Å². The molecule has 4 aliphatic carbocycles. The van der Waals surface area contributed by atoms with Gasteiger partial charge in [0.15, 0.2) is 24.8 Å². The van der Waals surface area contributed by atoms with Gasteiger partial charge in [-0.3, -0.25) is 4.79 Å². The van der Waals surface area contributed by atoms with Crippen LogP contribution in [0.1, 0.15) is 116 Å². The maximum atomic E-state index is 13.5. The molecule has 342 valence electrons. The van der Waals surface area contributed by atoms with E-state index in [1.807, 2.05) is 0 Å². The Kier molecular flexibility index (Phi) is 14.0. The van der Waals surface area contributed by atoms with Crippen molar-refractivity contribution in [3.63, 3.8) is 0 Å². The number of carbonyl (C=O) groups excluding carboxylic acids is 2. The first-order chi connectivity index (χ1) is 28.9. The second-order valence-electron chi connectivity index (χ2n) is 19.8. The molecule has 2 aliphatic heterocycles. The predicted octanol–water partition coefficient (Wildman–Crippen LogP) is 4.85. The van der Waals surface area contributed by atoms with Crippen LogP contribution in [0.25, 0.3) is 0 Å². The van der Waals surface area contributed by atoms with Gasteiger partial charge >= 0.3 is 11.9 Å². The van der Waals surface area contributed by atoms with E-state index in [4.69, 9.17) is 33.2 Å². The summed E-state index contributed by atoms with van der Waals surface area (Å²) < 4.78 is 42.0. The summed E-state index contributed by atoms with van der Waals surface area (Å²) in [5, 5.41) is 57.2. The molecule has 0 bridgehead atoms. The van der Waals surface area contributed by atoms with Gasteiger partial charge in [0, 0.05) is 12.3 Å².